The molecule has 2 rings (SSSR count). The average molecular weight is 310 g/mol. The van der Waals surface area contributed by atoms with Gasteiger partial charge in [-0.15, -0.1) is 0 Å². The lowest BCUT2D eigenvalue weighted by Gasteiger charge is -2.18. The topological polar surface area (TPSA) is 37.8 Å². The Labute approximate surface area is 129 Å². The lowest BCUT2D eigenvalue weighted by Crippen LogP contribution is -2.24. The van der Waals surface area contributed by atoms with Gasteiger partial charge in [-0.25, -0.2) is 9.97 Å². The summed E-state index contributed by atoms with van der Waals surface area (Å²) in [5, 5.41) is 4.68. The second-order valence-electron chi connectivity index (χ2n) is 4.63. The molecule has 0 saturated heterocycles. The Bertz CT molecular complexity index is 546. The van der Waals surface area contributed by atoms with E-state index in [1.807, 2.05) is 30.6 Å². The van der Waals surface area contributed by atoms with Crippen molar-refractivity contribution < 1.29 is 0 Å². The van der Waals surface area contributed by atoms with Crippen LogP contribution < -0.4 is 5.32 Å². The van der Waals surface area contributed by atoms with Crippen molar-refractivity contribution in [2.24, 2.45) is 0 Å². The monoisotopic (exact) mass is 309 g/mol. The number of hydrogen-bond acceptors (Lipinski definition) is 3. The SMILES string of the molecule is CCCNC(Cc1ccc(Cl)c(Cl)c1)c1cncnc1. The van der Waals surface area contributed by atoms with Crippen LogP contribution >= 0.6 is 23.2 Å². The molecule has 1 N–H and O–H groups in total. The number of benzene rings is 1. The van der Waals surface area contributed by atoms with Gasteiger partial charge in [-0.05, 0) is 37.1 Å². The summed E-state index contributed by atoms with van der Waals surface area (Å²) in [6.45, 7) is 3.09. The van der Waals surface area contributed by atoms with Crippen LogP contribution in [0.4, 0.5) is 0 Å². The standard InChI is InChI=1S/C15H17Cl2N3/c1-2-5-20-15(12-8-18-10-19-9-12)7-11-3-4-13(16)14(17)6-11/h3-4,6,8-10,15,20H,2,5,7H2,1H3. The predicted molar refractivity (Wildman–Crippen MR) is 83.2 cm³/mol. The summed E-state index contributed by atoms with van der Waals surface area (Å²) in [5.74, 6) is 0. The maximum absolute atomic E-state index is 6.07. The van der Waals surface area contributed by atoms with Crippen LogP contribution in [0.3, 0.4) is 0 Å². The first-order chi connectivity index (χ1) is 9.70. The van der Waals surface area contributed by atoms with Gasteiger partial charge >= 0.3 is 0 Å². The van der Waals surface area contributed by atoms with Crippen molar-refractivity contribution in [3.8, 4) is 0 Å². The van der Waals surface area contributed by atoms with E-state index in [1.54, 1.807) is 6.33 Å². The zero-order valence-electron chi connectivity index (χ0n) is 11.3. The number of rotatable bonds is 6. The normalized spacial score (nSPS) is 12.3. The minimum Gasteiger partial charge on any atom is -0.310 e. The molecular weight excluding hydrogens is 293 g/mol. The minimum atomic E-state index is 0.174. The van der Waals surface area contributed by atoms with Crippen molar-refractivity contribution in [1.82, 2.24) is 15.3 Å². The summed E-state index contributed by atoms with van der Waals surface area (Å²) in [7, 11) is 0. The Balaban J connectivity index is 2.17. The van der Waals surface area contributed by atoms with Crippen molar-refractivity contribution in [3.63, 3.8) is 0 Å². The van der Waals surface area contributed by atoms with Crippen molar-refractivity contribution in [1.29, 1.82) is 0 Å². The van der Waals surface area contributed by atoms with Crippen LogP contribution in [0.25, 0.3) is 0 Å². The van der Waals surface area contributed by atoms with Crippen molar-refractivity contribution >= 4 is 23.2 Å². The molecular formula is C15H17Cl2N3. The van der Waals surface area contributed by atoms with Gasteiger partial charge in [0.25, 0.3) is 0 Å². The molecule has 1 aromatic heterocycles. The quantitative estimate of drug-likeness (QED) is 0.874. The number of aromatic nitrogens is 2. The molecule has 1 atom stereocenters. The first-order valence-electron chi connectivity index (χ1n) is 6.63. The lowest BCUT2D eigenvalue weighted by atomic mass is 10.0. The molecule has 5 heteroatoms. The van der Waals surface area contributed by atoms with E-state index in [0.717, 1.165) is 30.5 Å². The molecule has 106 valence electrons. The third-order valence-corrected chi connectivity index (χ3v) is 3.79. The van der Waals surface area contributed by atoms with Crippen LogP contribution in [0.2, 0.25) is 10.0 Å². The highest BCUT2D eigenvalue weighted by Gasteiger charge is 2.13. The molecule has 0 fully saturated rings. The van der Waals surface area contributed by atoms with E-state index in [9.17, 15) is 0 Å². The number of nitrogens with one attached hydrogen (secondary N) is 1. The number of halogens is 2. The predicted octanol–water partition coefficient (Wildman–Crippen LogP) is 4.07. The molecule has 1 heterocycles. The maximum Gasteiger partial charge on any atom is 0.115 e. The van der Waals surface area contributed by atoms with Gasteiger partial charge in [-0.1, -0.05) is 36.2 Å². The fourth-order valence-corrected chi connectivity index (χ4v) is 2.34. The van der Waals surface area contributed by atoms with Crippen LogP contribution in [0.5, 0.6) is 0 Å². The molecule has 0 aliphatic rings. The molecule has 20 heavy (non-hydrogen) atoms. The Morgan fingerprint density at radius 1 is 1.15 bits per heavy atom. The number of hydrogen-bond donors (Lipinski definition) is 1. The maximum atomic E-state index is 6.07. The summed E-state index contributed by atoms with van der Waals surface area (Å²) >= 11 is 12.0. The first kappa shape index (κ1) is 15.2. The molecule has 0 radical (unpaired) electrons. The Kier molecular flexibility index (Phi) is 5.77. The molecule has 1 unspecified atom stereocenters. The van der Waals surface area contributed by atoms with Gasteiger partial charge < -0.3 is 5.32 Å². The molecule has 0 saturated carbocycles. The smallest absolute Gasteiger partial charge is 0.115 e. The van der Waals surface area contributed by atoms with Gasteiger partial charge in [0, 0.05) is 24.0 Å². The highest BCUT2D eigenvalue weighted by molar-refractivity contribution is 6.42. The summed E-state index contributed by atoms with van der Waals surface area (Å²) in [4.78, 5) is 8.18. The highest BCUT2D eigenvalue weighted by Crippen LogP contribution is 2.25. The van der Waals surface area contributed by atoms with Crippen LogP contribution in [0.1, 0.15) is 30.5 Å². The Morgan fingerprint density at radius 2 is 1.90 bits per heavy atom. The molecule has 1 aromatic carbocycles. The van der Waals surface area contributed by atoms with E-state index in [-0.39, 0.29) is 6.04 Å². The van der Waals surface area contributed by atoms with E-state index >= 15 is 0 Å². The van der Waals surface area contributed by atoms with Crippen LogP contribution in [0.15, 0.2) is 36.9 Å². The third-order valence-electron chi connectivity index (χ3n) is 3.05. The molecule has 2 aromatic rings. The summed E-state index contributed by atoms with van der Waals surface area (Å²) in [6, 6.07) is 5.92. The van der Waals surface area contributed by atoms with Gasteiger partial charge in [0.1, 0.15) is 6.33 Å². The van der Waals surface area contributed by atoms with Crippen LogP contribution in [-0.4, -0.2) is 16.5 Å². The average Bonchev–Trinajstić information content (AvgIpc) is 2.48. The highest BCUT2D eigenvalue weighted by atomic mass is 35.5. The second kappa shape index (κ2) is 7.58. The van der Waals surface area contributed by atoms with Crippen molar-refractivity contribution in [2.75, 3.05) is 6.54 Å². The van der Waals surface area contributed by atoms with E-state index < -0.39 is 0 Å². The fourth-order valence-electron chi connectivity index (χ4n) is 2.02. The molecule has 3 nitrogen and oxygen atoms in total. The zero-order valence-corrected chi connectivity index (χ0v) is 12.8. The summed E-state index contributed by atoms with van der Waals surface area (Å²) in [5.41, 5.74) is 2.21. The zero-order chi connectivity index (χ0) is 14.4. The Morgan fingerprint density at radius 3 is 2.55 bits per heavy atom. The first-order valence-corrected chi connectivity index (χ1v) is 7.38. The van der Waals surface area contributed by atoms with Gasteiger partial charge in [0.2, 0.25) is 0 Å². The van der Waals surface area contributed by atoms with E-state index in [2.05, 4.69) is 22.2 Å². The number of nitrogens with zero attached hydrogens (tertiary/aromatic N) is 2. The molecule has 0 amide bonds. The van der Waals surface area contributed by atoms with E-state index in [4.69, 9.17) is 23.2 Å². The molecule has 0 aliphatic carbocycles. The lowest BCUT2D eigenvalue weighted by molar-refractivity contribution is 0.526. The third kappa shape index (κ3) is 4.17. The molecule has 0 bridgehead atoms. The van der Waals surface area contributed by atoms with Gasteiger partial charge in [0.15, 0.2) is 0 Å². The second-order valence-corrected chi connectivity index (χ2v) is 5.45. The van der Waals surface area contributed by atoms with Gasteiger partial charge in [-0.2, -0.15) is 0 Å². The van der Waals surface area contributed by atoms with Gasteiger partial charge in [-0.3, -0.25) is 0 Å². The summed E-state index contributed by atoms with van der Waals surface area (Å²) in [6.07, 6.45) is 7.13. The van der Waals surface area contributed by atoms with Crippen molar-refractivity contribution in [3.05, 3.63) is 58.1 Å². The Hall–Kier alpha value is -1.16. The fraction of sp³-hybridized carbons (Fsp3) is 0.333. The largest absolute Gasteiger partial charge is 0.310 e. The van der Waals surface area contributed by atoms with Gasteiger partial charge in [0.05, 0.1) is 10.0 Å². The van der Waals surface area contributed by atoms with Crippen LogP contribution in [-0.2, 0) is 6.42 Å². The van der Waals surface area contributed by atoms with E-state index in [1.165, 1.54) is 0 Å². The molecule has 0 spiro atoms. The van der Waals surface area contributed by atoms with Crippen LogP contribution in [0, 0.1) is 0 Å². The van der Waals surface area contributed by atoms with E-state index in [0.29, 0.717) is 10.0 Å². The summed E-state index contributed by atoms with van der Waals surface area (Å²) < 4.78 is 0. The van der Waals surface area contributed by atoms with Crippen molar-refractivity contribution in [2.45, 2.75) is 25.8 Å². The molecule has 0 aliphatic heterocycles. The minimum absolute atomic E-state index is 0.174.